The number of hydrazone groups is 1. The summed E-state index contributed by atoms with van der Waals surface area (Å²) in [6.45, 7) is 2.01. The number of aryl methyl sites for hydroxylation is 1. The third-order valence-electron chi connectivity index (χ3n) is 3.83. The molecule has 0 bridgehead atoms. The molecule has 2 aromatic rings. The molecule has 0 saturated carbocycles. The fourth-order valence-electron chi connectivity index (χ4n) is 2.68. The first-order valence-corrected chi connectivity index (χ1v) is 9.46. The van der Waals surface area contributed by atoms with Crippen LogP contribution in [0.1, 0.15) is 29.2 Å². The van der Waals surface area contributed by atoms with Gasteiger partial charge < -0.3 is 0 Å². The van der Waals surface area contributed by atoms with Gasteiger partial charge in [0.05, 0.1) is 18.0 Å². The second-order valence-electron chi connectivity index (χ2n) is 5.72. The molecule has 0 fully saturated rings. The Bertz CT molecular complexity index is 860. The van der Waals surface area contributed by atoms with Crippen LogP contribution >= 0.6 is 11.6 Å². The molecule has 0 aliphatic carbocycles. The van der Waals surface area contributed by atoms with E-state index < -0.39 is 10.0 Å². The number of hydrogen-bond donors (Lipinski definition) is 0. The van der Waals surface area contributed by atoms with E-state index >= 15 is 0 Å². The van der Waals surface area contributed by atoms with Gasteiger partial charge in [0, 0.05) is 11.4 Å². The fraction of sp³-hybridized carbons (Fsp3) is 0.235. The molecule has 0 N–H and O–H groups in total. The van der Waals surface area contributed by atoms with Crippen LogP contribution in [0.2, 0.25) is 5.02 Å². The summed E-state index contributed by atoms with van der Waals surface area (Å²) in [5.41, 5.74) is 3.70. The van der Waals surface area contributed by atoms with Gasteiger partial charge in [0.2, 0.25) is 10.0 Å². The van der Waals surface area contributed by atoms with Crippen LogP contribution in [0, 0.1) is 6.92 Å². The quantitative estimate of drug-likeness (QED) is 0.848. The third-order valence-corrected chi connectivity index (χ3v) is 5.08. The molecule has 4 nitrogen and oxygen atoms in total. The molecular weight excluding hydrogens is 332 g/mol. The largest absolute Gasteiger partial charge is 0.247 e. The van der Waals surface area contributed by atoms with Crippen molar-refractivity contribution >= 4 is 27.3 Å². The van der Waals surface area contributed by atoms with Gasteiger partial charge in [0.25, 0.3) is 0 Å². The average molecular weight is 349 g/mol. The van der Waals surface area contributed by atoms with Crippen molar-refractivity contribution in [1.82, 2.24) is 4.41 Å². The molecule has 0 saturated heterocycles. The van der Waals surface area contributed by atoms with Gasteiger partial charge in [-0.1, -0.05) is 53.6 Å². The second-order valence-corrected chi connectivity index (χ2v) is 8.00. The van der Waals surface area contributed by atoms with Crippen LogP contribution in [0.4, 0.5) is 0 Å². The molecule has 0 radical (unpaired) electrons. The summed E-state index contributed by atoms with van der Waals surface area (Å²) >= 11 is 6.05. The molecule has 23 heavy (non-hydrogen) atoms. The van der Waals surface area contributed by atoms with Gasteiger partial charge >= 0.3 is 0 Å². The highest BCUT2D eigenvalue weighted by Gasteiger charge is 2.34. The predicted octanol–water partition coefficient (Wildman–Crippen LogP) is 3.76. The normalized spacial score (nSPS) is 18.1. The molecular formula is C17H17ClN2O2S. The Labute approximate surface area is 141 Å². The smallest absolute Gasteiger partial charge is 0.205 e. The van der Waals surface area contributed by atoms with E-state index in [1.54, 1.807) is 12.1 Å². The van der Waals surface area contributed by atoms with E-state index in [1.165, 1.54) is 10.7 Å². The lowest BCUT2D eigenvalue weighted by Crippen LogP contribution is -2.25. The van der Waals surface area contributed by atoms with Crippen molar-refractivity contribution in [2.45, 2.75) is 19.4 Å². The van der Waals surface area contributed by atoms with E-state index in [1.807, 2.05) is 43.3 Å². The van der Waals surface area contributed by atoms with Crippen LogP contribution in [0.25, 0.3) is 0 Å². The Hall–Kier alpha value is -1.85. The molecule has 1 aliphatic heterocycles. The molecule has 6 heteroatoms. The number of rotatable bonds is 3. The van der Waals surface area contributed by atoms with Crippen molar-refractivity contribution in [1.29, 1.82) is 0 Å². The topological polar surface area (TPSA) is 49.7 Å². The minimum Gasteiger partial charge on any atom is -0.205 e. The number of sulfonamides is 1. The molecule has 1 aliphatic rings. The van der Waals surface area contributed by atoms with Crippen molar-refractivity contribution < 1.29 is 8.42 Å². The Morgan fingerprint density at radius 3 is 2.48 bits per heavy atom. The molecule has 0 spiro atoms. The average Bonchev–Trinajstić information content (AvgIpc) is 2.93. The van der Waals surface area contributed by atoms with Crippen LogP contribution < -0.4 is 0 Å². The Balaban J connectivity index is 2.01. The van der Waals surface area contributed by atoms with Crippen LogP contribution in [0.5, 0.6) is 0 Å². The molecule has 0 aromatic heterocycles. The molecule has 2 aromatic carbocycles. The Morgan fingerprint density at radius 1 is 1.17 bits per heavy atom. The second kappa shape index (κ2) is 5.98. The maximum absolute atomic E-state index is 12.1. The standard InChI is InChI=1S/C17H17ClN2O2S/c1-12-6-8-13(9-7-12)16-11-17(20(19-16)23(2,21)22)14-4-3-5-15(18)10-14/h3-10,17H,11H2,1-2H3/t17-/m0/s1. The first-order chi connectivity index (χ1) is 10.8. The molecule has 0 unspecified atom stereocenters. The summed E-state index contributed by atoms with van der Waals surface area (Å²) in [6.07, 6.45) is 1.70. The maximum Gasteiger partial charge on any atom is 0.247 e. The van der Waals surface area contributed by atoms with E-state index in [4.69, 9.17) is 11.6 Å². The first-order valence-electron chi connectivity index (χ1n) is 7.24. The van der Waals surface area contributed by atoms with E-state index in [-0.39, 0.29) is 6.04 Å². The van der Waals surface area contributed by atoms with Gasteiger partial charge in [0.15, 0.2) is 0 Å². The van der Waals surface area contributed by atoms with Crippen LogP contribution in [-0.4, -0.2) is 24.8 Å². The molecule has 0 amide bonds. The number of benzene rings is 2. The van der Waals surface area contributed by atoms with Crippen molar-refractivity contribution in [2.24, 2.45) is 5.10 Å². The van der Waals surface area contributed by atoms with Crippen molar-refractivity contribution in [3.63, 3.8) is 0 Å². The summed E-state index contributed by atoms with van der Waals surface area (Å²) < 4.78 is 25.4. The lowest BCUT2D eigenvalue weighted by atomic mass is 9.99. The molecule has 1 atom stereocenters. The van der Waals surface area contributed by atoms with Crippen molar-refractivity contribution in [3.05, 3.63) is 70.2 Å². The van der Waals surface area contributed by atoms with E-state index in [0.717, 1.165) is 22.4 Å². The van der Waals surface area contributed by atoms with Crippen LogP contribution in [0.15, 0.2) is 53.6 Å². The lowest BCUT2D eigenvalue weighted by Gasteiger charge is -2.21. The van der Waals surface area contributed by atoms with Gasteiger partial charge in [-0.2, -0.15) is 9.52 Å². The van der Waals surface area contributed by atoms with Crippen LogP contribution in [-0.2, 0) is 10.0 Å². The van der Waals surface area contributed by atoms with Gasteiger partial charge in [-0.05, 0) is 30.2 Å². The number of hydrogen-bond acceptors (Lipinski definition) is 3. The highest BCUT2D eigenvalue weighted by molar-refractivity contribution is 7.88. The molecule has 3 rings (SSSR count). The lowest BCUT2D eigenvalue weighted by molar-refractivity contribution is 0.375. The zero-order valence-electron chi connectivity index (χ0n) is 12.9. The monoisotopic (exact) mass is 348 g/mol. The van der Waals surface area contributed by atoms with Gasteiger partial charge in [-0.25, -0.2) is 8.42 Å². The van der Waals surface area contributed by atoms with Crippen molar-refractivity contribution in [3.8, 4) is 0 Å². The highest BCUT2D eigenvalue weighted by Crippen LogP contribution is 2.35. The zero-order chi connectivity index (χ0) is 16.6. The summed E-state index contributed by atoms with van der Waals surface area (Å²) in [5, 5.41) is 4.95. The number of halogens is 1. The maximum atomic E-state index is 12.1. The first kappa shape index (κ1) is 16.0. The summed E-state index contributed by atoms with van der Waals surface area (Å²) in [6, 6.07) is 14.8. The minimum absolute atomic E-state index is 0.361. The van der Waals surface area contributed by atoms with E-state index in [2.05, 4.69) is 5.10 Å². The summed E-state index contributed by atoms with van der Waals surface area (Å²) in [4.78, 5) is 0. The van der Waals surface area contributed by atoms with Crippen molar-refractivity contribution in [2.75, 3.05) is 6.26 Å². The molecule has 120 valence electrons. The Kier molecular flexibility index (Phi) is 4.17. The Morgan fingerprint density at radius 2 is 1.87 bits per heavy atom. The van der Waals surface area contributed by atoms with Crippen LogP contribution in [0.3, 0.4) is 0 Å². The zero-order valence-corrected chi connectivity index (χ0v) is 14.5. The van der Waals surface area contributed by atoms with E-state index in [9.17, 15) is 8.42 Å². The summed E-state index contributed by atoms with van der Waals surface area (Å²) in [5.74, 6) is 0. The molecule has 1 heterocycles. The number of nitrogens with zero attached hydrogens (tertiary/aromatic N) is 2. The highest BCUT2D eigenvalue weighted by atomic mass is 35.5. The van der Waals surface area contributed by atoms with Gasteiger partial charge in [0.1, 0.15) is 0 Å². The third kappa shape index (κ3) is 3.41. The SMILES string of the molecule is Cc1ccc(C2=NN(S(C)(=O)=O)[C@H](c3cccc(Cl)c3)C2)cc1. The predicted molar refractivity (Wildman–Crippen MR) is 93.2 cm³/mol. The van der Waals surface area contributed by atoms with Gasteiger partial charge in [-0.3, -0.25) is 0 Å². The fourth-order valence-corrected chi connectivity index (χ4v) is 3.78. The summed E-state index contributed by atoms with van der Waals surface area (Å²) in [7, 11) is -3.46. The minimum atomic E-state index is -3.46. The van der Waals surface area contributed by atoms with Gasteiger partial charge in [-0.15, -0.1) is 0 Å². The van der Waals surface area contributed by atoms with E-state index in [0.29, 0.717) is 11.4 Å².